The molecule has 9 nitrogen and oxygen atoms in total. The van der Waals surface area contributed by atoms with Crippen molar-refractivity contribution in [2.45, 2.75) is 0 Å². The highest BCUT2D eigenvalue weighted by molar-refractivity contribution is 6.01. The van der Waals surface area contributed by atoms with E-state index in [9.17, 15) is 4.79 Å². The van der Waals surface area contributed by atoms with Crippen LogP contribution in [0, 0.1) is 11.6 Å². The monoisotopic (exact) mass is 482 g/mol. The summed E-state index contributed by atoms with van der Waals surface area (Å²) in [5, 5.41) is 0. The van der Waals surface area contributed by atoms with E-state index >= 15 is 8.78 Å². The second-order valence-electron chi connectivity index (χ2n) is 7.16. The van der Waals surface area contributed by atoms with Gasteiger partial charge in [-0.3, -0.25) is 14.8 Å². The summed E-state index contributed by atoms with van der Waals surface area (Å²) < 4.78 is 51.2. The molecule has 3 aromatic heterocycles. The number of halogens is 2. The van der Waals surface area contributed by atoms with Crippen molar-refractivity contribution in [1.29, 1.82) is 0 Å². The standard InChI is InChI=1S/C24H20F2N4O5/c1-32-7-8-34-14-11-17-22(30-12-14)19(4-5-28-17)35-23-15(25)9-13(10-16(23)26)21-20(24(27)31)18(33-2)3-6-29-21/h3-6,9-12H,7-8H2,1-2H3,(H2,27,31). The Labute approximate surface area is 198 Å². The number of carbonyl (C=O) groups excluding carboxylic acids is 1. The third kappa shape index (κ3) is 4.94. The zero-order chi connectivity index (χ0) is 24.9. The molecule has 4 rings (SSSR count). The number of carbonyl (C=O) groups is 1. The van der Waals surface area contributed by atoms with Crippen molar-refractivity contribution >= 4 is 16.9 Å². The van der Waals surface area contributed by atoms with E-state index in [1.54, 1.807) is 13.2 Å². The van der Waals surface area contributed by atoms with E-state index < -0.39 is 23.3 Å². The molecule has 2 N–H and O–H groups in total. The molecular weight excluding hydrogens is 462 g/mol. The molecule has 0 unspecified atom stereocenters. The molecule has 0 saturated carbocycles. The Morgan fingerprint density at radius 2 is 1.69 bits per heavy atom. The van der Waals surface area contributed by atoms with Gasteiger partial charge in [-0.05, 0) is 18.2 Å². The largest absolute Gasteiger partial charge is 0.496 e. The quantitative estimate of drug-likeness (QED) is 0.357. The number of pyridine rings is 3. The molecule has 180 valence electrons. The Kier molecular flexibility index (Phi) is 6.97. The zero-order valence-electron chi connectivity index (χ0n) is 18.7. The van der Waals surface area contributed by atoms with E-state index in [-0.39, 0.29) is 33.8 Å². The topological polar surface area (TPSA) is 119 Å². The predicted molar refractivity (Wildman–Crippen MR) is 122 cm³/mol. The van der Waals surface area contributed by atoms with Gasteiger partial charge in [0.05, 0.1) is 31.1 Å². The predicted octanol–water partition coefficient (Wildman–Crippen LogP) is 3.90. The molecular formula is C24H20F2N4O5. The van der Waals surface area contributed by atoms with Gasteiger partial charge in [0.15, 0.2) is 23.1 Å². The van der Waals surface area contributed by atoms with Gasteiger partial charge >= 0.3 is 0 Å². The smallest absolute Gasteiger partial charge is 0.254 e. The minimum absolute atomic E-state index is 0.0180. The number of fused-ring (bicyclic) bond motifs is 1. The number of aromatic nitrogens is 3. The molecule has 35 heavy (non-hydrogen) atoms. The van der Waals surface area contributed by atoms with Crippen LogP contribution in [-0.4, -0.2) is 48.3 Å². The minimum atomic E-state index is -1.02. The molecule has 3 heterocycles. The summed E-state index contributed by atoms with van der Waals surface area (Å²) in [6, 6.07) is 6.46. The first-order valence-corrected chi connectivity index (χ1v) is 10.3. The number of amides is 1. The average molecular weight is 482 g/mol. The van der Waals surface area contributed by atoms with E-state index in [0.29, 0.717) is 24.5 Å². The Bertz CT molecular complexity index is 1380. The third-order valence-corrected chi connectivity index (χ3v) is 4.93. The molecule has 1 aromatic carbocycles. The van der Waals surface area contributed by atoms with Gasteiger partial charge in [-0.25, -0.2) is 13.8 Å². The first kappa shape index (κ1) is 23.8. The molecule has 0 aliphatic carbocycles. The van der Waals surface area contributed by atoms with Crippen LogP contribution in [0.2, 0.25) is 0 Å². The number of hydrogen-bond donors (Lipinski definition) is 1. The van der Waals surface area contributed by atoms with Crippen LogP contribution >= 0.6 is 0 Å². The van der Waals surface area contributed by atoms with Crippen molar-refractivity contribution < 1.29 is 32.5 Å². The van der Waals surface area contributed by atoms with Gasteiger partial charge in [0.2, 0.25) is 0 Å². The van der Waals surface area contributed by atoms with Crippen LogP contribution in [0.25, 0.3) is 22.3 Å². The molecule has 0 saturated heterocycles. The van der Waals surface area contributed by atoms with Gasteiger partial charge in [-0.1, -0.05) is 0 Å². The fourth-order valence-electron chi connectivity index (χ4n) is 3.37. The Hall–Kier alpha value is -4.38. The van der Waals surface area contributed by atoms with Crippen molar-refractivity contribution in [2.24, 2.45) is 5.73 Å². The molecule has 0 aliphatic heterocycles. The SMILES string of the molecule is COCCOc1cnc2c(Oc3c(F)cc(-c4nccc(OC)c4C(N)=O)cc3F)ccnc2c1. The van der Waals surface area contributed by atoms with Crippen LogP contribution in [0.5, 0.6) is 23.0 Å². The zero-order valence-corrected chi connectivity index (χ0v) is 18.7. The lowest BCUT2D eigenvalue weighted by Crippen LogP contribution is -2.15. The summed E-state index contributed by atoms with van der Waals surface area (Å²) in [6.07, 6.45) is 4.20. The number of primary amides is 1. The maximum Gasteiger partial charge on any atom is 0.254 e. The maximum absolute atomic E-state index is 15.0. The second kappa shape index (κ2) is 10.3. The lowest BCUT2D eigenvalue weighted by atomic mass is 10.0. The third-order valence-electron chi connectivity index (χ3n) is 4.93. The molecule has 0 fully saturated rings. The Morgan fingerprint density at radius 1 is 0.971 bits per heavy atom. The highest BCUT2D eigenvalue weighted by Gasteiger charge is 2.22. The lowest BCUT2D eigenvalue weighted by Gasteiger charge is -2.13. The van der Waals surface area contributed by atoms with Gasteiger partial charge in [-0.15, -0.1) is 0 Å². The maximum atomic E-state index is 15.0. The average Bonchev–Trinajstić information content (AvgIpc) is 2.85. The van der Waals surface area contributed by atoms with Gasteiger partial charge in [0.25, 0.3) is 5.91 Å². The number of nitrogens with two attached hydrogens (primary N) is 1. The number of methoxy groups -OCH3 is 2. The number of ether oxygens (including phenoxy) is 4. The molecule has 0 atom stereocenters. The number of hydrogen-bond acceptors (Lipinski definition) is 8. The second-order valence-corrected chi connectivity index (χ2v) is 7.16. The summed E-state index contributed by atoms with van der Waals surface area (Å²) in [4.78, 5) is 24.5. The van der Waals surface area contributed by atoms with Crippen molar-refractivity contribution in [2.75, 3.05) is 27.4 Å². The molecule has 0 radical (unpaired) electrons. The van der Waals surface area contributed by atoms with Crippen LogP contribution in [0.4, 0.5) is 8.78 Å². The van der Waals surface area contributed by atoms with E-state index in [0.717, 1.165) is 12.1 Å². The van der Waals surface area contributed by atoms with Gasteiger partial charge in [0.1, 0.15) is 29.2 Å². The van der Waals surface area contributed by atoms with E-state index in [1.807, 2.05) is 0 Å². The van der Waals surface area contributed by atoms with Crippen molar-refractivity contribution in [3.05, 3.63) is 66.1 Å². The number of rotatable bonds is 9. The van der Waals surface area contributed by atoms with Crippen LogP contribution in [0.1, 0.15) is 10.4 Å². The summed E-state index contributed by atoms with van der Waals surface area (Å²) >= 11 is 0. The van der Waals surface area contributed by atoms with Gasteiger partial charge in [0, 0.05) is 37.2 Å². The van der Waals surface area contributed by atoms with E-state index in [1.165, 1.54) is 37.8 Å². The number of nitrogens with zero attached hydrogens (tertiary/aromatic N) is 3. The highest BCUT2D eigenvalue weighted by Crippen LogP contribution is 2.36. The van der Waals surface area contributed by atoms with Crippen molar-refractivity contribution in [3.8, 4) is 34.3 Å². The molecule has 0 bridgehead atoms. The normalized spacial score (nSPS) is 10.9. The number of benzene rings is 1. The van der Waals surface area contributed by atoms with Crippen LogP contribution < -0.4 is 19.9 Å². The molecule has 0 spiro atoms. The van der Waals surface area contributed by atoms with E-state index in [4.69, 9.17) is 24.7 Å². The molecule has 0 aliphatic rings. The van der Waals surface area contributed by atoms with Gasteiger partial charge in [-0.2, -0.15) is 0 Å². The summed E-state index contributed by atoms with van der Waals surface area (Å²) in [7, 11) is 2.90. The van der Waals surface area contributed by atoms with Crippen LogP contribution in [0.3, 0.4) is 0 Å². The summed E-state index contributed by atoms with van der Waals surface area (Å²) in [6.45, 7) is 0.720. The fourth-order valence-corrected chi connectivity index (χ4v) is 3.37. The summed E-state index contributed by atoms with van der Waals surface area (Å²) in [5.41, 5.74) is 5.97. The van der Waals surface area contributed by atoms with Crippen LogP contribution in [0.15, 0.2) is 48.9 Å². The fraction of sp³-hybridized carbons (Fsp3) is 0.167. The molecule has 4 aromatic rings. The molecule has 11 heteroatoms. The van der Waals surface area contributed by atoms with Gasteiger partial charge < -0.3 is 24.7 Å². The van der Waals surface area contributed by atoms with Crippen molar-refractivity contribution in [3.63, 3.8) is 0 Å². The van der Waals surface area contributed by atoms with Crippen LogP contribution in [-0.2, 0) is 4.74 Å². The summed E-state index contributed by atoms with van der Waals surface area (Å²) in [5.74, 6) is -2.89. The lowest BCUT2D eigenvalue weighted by molar-refractivity contribution is 0.0997. The first-order valence-electron chi connectivity index (χ1n) is 10.3. The Balaban J connectivity index is 1.69. The Morgan fingerprint density at radius 3 is 2.37 bits per heavy atom. The van der Waals surface area contributed by atoms with E-state index in [2.05, 4.69) is 15.0 Å². The minimum Gasteiger partial charge on any atom is -0.496 e. The first-order chi connectivity index (χ1) is 16.9. The highest BCUT2D eigenvalue weighted by atomic mass is 19.1. The van der Waals surface area contributed by atoms with Crippen molar-refractivity contribution in [1.82, 2.24) is 15.0 Å². The molecule has 1 amide bonds.